The summed E-state index contributed by atoms with van der Waals surface area (Å²) in [5.74, 6) is 0.325. The molecule has 1 aromatic rings. The van der Waals surface area contributed by atoms with Gasteiger partial charge in [-0.1, -0.05) is 22.4 Å². The van der Waals surface area contributed by atoms with Crippen LogP contribution < -0.4 is 5.73 Å². The van der Waals surface area contributed by atoms with Gasteiger partial charge >= 0.3 is 0 Å². The summed E-state index contributed by atoms with van der Waals surface area (Å²) in [7, 11) is 0. The third-order valence-corrected chi connectivity index (χ3v) is 3.70. The highest BCUT2D eigenvalue weighted by atomic mass is 79.9. The van der Waals surface area contributed by atoms with Crippen LogP contribution in [0.5, 0.6) is 0 Å². The Labute approximate surface area is 91.6 Å². The van der Waals surface area contributed by atoms with Crippen molar-refractivity contribution in [1.29, 1.82) is 0 Å². The van der Waals surface area contributed by atoms with Gasteiger partial charge in [-0.3, -0.25) is 0 Å². The second kappa shape index (κ2) is 3.99. The maximum atomic E-state index is 13.0. The zero-order valence-corrected chi connectivity index (χ0v) is 9.43. The molecule has 0 amide bonds. The molecule has 1 aliphatic rings. The van der Waals surface area contributed by atoms with Crippen LogP contribution >= 0.6 is 15.9 Å². The molecule has 14 heavy (non-hydrogen) atoms. The molecular formula is C11H13BrFN. The Morgan fingerprint density at radius 3 is 2.71 bits per heavy atom. The number of nitrogens with two attached hydrogens (primary N) is 1. The Morgan fingerprint density at radius 1 is 1.43 bits per heavy atom. The first-order valence-electron chi connectivity index (χ1n) is 4.89. The number of hydrogen-bond donors (Lipinski definition) is 1. The van der Waals surface area contributed by atoms with Crippen molar-refractivity contribution in [3.8, 4) is 0 Å². The van der Waals surface area contributed by atoms with E-state index in [1.54, 1.807) is 6.07 Å². The van der Waals surface area contributed by atoms with E-state index < -0.39 is 0 Å². The standard InChI is InChI=1S/C11H13BrFN/c12-10-5-4-8(13)6-9(10)11(14)7-2-1-3-7/h4-7,11H,1-3,14H2/t11-/m1/s1. The molecule has 1 saturated carbocycles. The maximum Gasteiger partial charge on any atom is 0.123 e. The van der Waals surface area contributed by atoms with Crippen molar-refractivity contribution in [2.24, 2.45) is 11.7 Å². The minimum atomic E-state index is -0.210. The summed E-state index contributed by atoms with van der Waals surface area (Å²) in [4.78, 5) is 0. The zero-order valence-electron chi connectivity index (χ0n) is 7.84. The Hall–Kier alpha value is -0.410. The molecule has 76 valence electrons. The van der Waals surface area contributed by atoms with Gasteiger partial charge in [0.05, 0.1) is 0 Å². The van der Waals surface area contributed by atoms with Gasteiger partial charge in [0.15, 0.2) is 0 Å². The molecule has 0 spiro atoms. The molecule has 3 heteroatoms. The van der Waals surface area contributed by atoms with Gasteiger partial charge in [-0.25, -0.2) is 4.39 Å². The highest BCUT2D eigenvalue weighted by Crippen LogP contribution is 2.38. The molecule has 1 atom stereocenters. The van der Waals surface area contributed by atoms with Crippen molar-refractivity contribution in [3.63, 3.8) is 0 Å². The number of benzene rings is 1. The number of rotatable bonds is 2. The maximum absolute atomic E-state index is 13.0. The summed E-state index contributed by atoms with van der Waals surface area (Å²) < 4.78 is 13.9. The van der Waals surface area contributed by atoms with E-state index in [0.29, 0.717) is 5.92 Å². The lowest BCUT2D eigenvalue weighted by Crippen LogP contribution is -2.27. The molecule has 2 N–H and O–H groups in total. The Kier molecular flexibility index (Phi) is 2.88. The lowest BCUT2D eigenvalue weighted by atomic mass is 9.77. The molecule has 0 aromatic heterocycles. The fraction of sp³-hybridized carbons (Fsp3) is 0.455. The van der Waals surface area contributed by atoms with E-state index in [1.165, 1.54) is 31.4 Å². The Bertz CT molecular complexity index is 336. The van der Waals surface area contributed by atoms with Crippen LogP contribution in [0.2, 0.25) is 0 Å². The van der Waals surface area contributed by atoms with E-state index >= 15 is 0 Å². The lowest BCUT2D eigenvalue weighted by molar-refractivity contribution is 0.263. The highest BCUT2D eigenvalue weighted by Gasteiger charge is 2.26. The molecule has 0 radical (unpaired) electrons. The molecule has 2 rings (SSSR count). The van der Waals surface area contributed by atoms with E-state index in [0.717, 1.165) is 10.0 Å². The zero-order chi connectivity index (χ0) is 10.1. The van der Waals surface area contributed by atoms with Gasteiger partial charge in [0.1, 0.15) is 5.82 Å². The number of halogens is 2. The molecule has 0 unspecified atom stereocenters. The van der Waals surface area contributed by atoms with Crippen molar-refractivity contribution in [2.75, 3.05) is 0 Å². The van der Waals surface area contributed by atoms with Crippen LogP contribution in [0.1, 0.15) is 30.9 Å². The van der Waals surface area contributed by atoms with Crippen LogP contribution in [-0.4, -0.2) is 0 Å². The largest absolute Gasteiger partial charge is 0.324 e. The third-order valence-electron chi connectivity index (χ3n) is 2.97. The first kappa shape index (κ1) is 10.1. The van der Waals surface area contributed by atoms with Gasteiger partial charge in [0, 0.05) is 10.5 Å². The first-order valence-corrected chi connectivity index (χ1v) is 5.68. The van der Waals surface area contributed by atoms with Gasteiger partial charge in [-0.05, 0) is 42.5 Å². The fourth-order valence-corrected chi connectivity index (χ4v) is 2.33. The van der Waals surface area contributed by atoms with Crippen molar-refractivity contribution in [2.45, 2.75) is 25.3 Å². The van der Waals surface area contributed by atoms with Crippen LogP contribution in [0.4, 0.5) is 4.39 Å². The van der Waals surface area contributed by atoms with Crippen molar-refractivity contribution >= 4 is 15.9 Å². The average Bonchev–Trinajstić information content (AvgIpc) is 2.06. The smallest absolute Gasteiger partial charge is 0.123 e. The van der Waals surface area contributed by atoms with Crippen LogP contribution in [-0.2, 0) is 0 Å². The minimum absolute atomic E-state index is 0.0196. The number of hydrogen-bond acceptors (Lipinski definition) is 1. The van der Waals surface area contributed by atoms with E-state index in [-0.39, 0.29) is 11.9 Å². The van der Waals surface area contributed by atoms with Crippen molar-refractivity contribution in [1.82, 2.24) is 0 Å². The second-order valence-corrected chi connectivity index (χ2v) is 4.74. The van der Waals surface area contributed by atoms with E-state index in [1.807, 2.05) is 0 Å². The summed E-state index contributed by atoms with van der Waals surface area (Å²) in [6.07, 6.45) is 3.60. The summed E-state index contributed by atoms with van der Waals surface area (Å²) in [5, 5.41) is 0. The fourth-order valence-electron chi connectivity index (χ4n) is 1.82. The van der Waals surface area contributed by atoms with E-state index in [9.17, 15) is 4.39 Å². The summed E-state index contributed by atoms with van der Waals surface area (Å²) in [6.45, 7) is 0. The predicted octanol–water partition coefficient (Wildman–Crippen LogP) is 3.39. The van der Waals surface area contributed by atoms with Gasteiger partial charge in [-0.15, -0.1) is 0 Å². The second-order valence-electron chi connectivity index (χ2n) is 3.88. The van der Waals surface area contributed by atoms with Crippen LogP contribution in [0.3, 0.4) is 0 Å². The van der Waals surface area contributed by atoms with Crippen LogP contribution in [0.25, 0.3) is 0 Å². The molecule has 0 heterocycles. The average molecular weight is 258 g/mol. The van der Waals surface area contributed by atoms with Gasteiger partial charge in [0.25, 0.3) is 0 Å². The molecule has 1 aromatic carbocycles. The summed E-state index contributed by atoms with van der Waals surface area (Å²) in [6, 6.07) is 4.69. The topological polar surface area (TPSA) is 26.0 Å². The molecule has 0 saturated heterocycles. The van der Waals surface area contributed by atoms with Gasteiger partial charge in [-0.2, -0.15) is 0 Å². The molecular weight excluding hydrogens is 245 g/mol. The molecule has 1 aliphatic carbocycles. The van der Waals surface area contributed by atoms with Gasteiger partial charge < -0.3 is 5.73 Å². The third kappa shape index (κ3) is 1.84. The Balaban J connectivity index is 2.24. The summed E-state index contributed by atoms with van der Waals surface area (Å²) in [5.41, 5.74) is 6.97. The van der Waals surface area contributed by atoms with Gasteiger partial charge in [0.2, 0.25) is 0 Å². The van der Waals surface area contributed by atoms with E-state index in [4.69, 9.17) is 5.73 Å². The monoisotopic (exact) mass is 257 g/mol. The van der Waals surface area contributed by atoms with Crippen molar-refractivity contribution in [3.05, 3.63) is 34.1 Å². The Morgan fingerprint density at radius 2 is 2.14 bits per heavy atom. The molecule has 0 bridgehead atoms. The lowest BCUT2D eigenvalue weighted by Gasteiger charge is -2.31. The molecule has 1 nitrogen and oxygen atoms in total. The van der Waals surface area contributed by atoms with Crippen molar-refractivity contribution < 1.29 is 4.39 Å². The molecule has 1 fully saturated rings. The molecule has 0 aliphatic heterocycles. The summed E-state index contributed by atoms with van der Waals surface area (Å²) >= 11 is 3.41. The first-order chi connectivity index (χ1) is 6.68. The normalized spacial score (nSPS) is 19.1. The highest BCUT2D eigenvalue weighted by molar-refractivity contribution is 9.10. The minimum Gasteiger partial charge on any atom is -0.324 e. The van der Waals surface area contributed by atoms with Crippen LogP contribution in [0.15, 0.2) is 22.7 Å². The quantitative estimate of drug-likeness (QED) is 0.864. The van der Waals surface area contributed by atoms with Crippen LogP contribution in [0, 0.1) is 11.7 Å². The SMILES string of the molecule is N[C@@H](c1cc(F)ccc1Br)C1CCC1. The van der Waals surface area contributed by atoms with E-state index in [2.05, 4.69) is 15.9 Å². The predicted molar refractivity (Wildman–Crippen MR) is 58.4 cm³/mol.